The lowest BCUT2D eigenvalue weighted by molar-refractivity contribution is -0.137. The lowest BCUT2D eigenvalue weighted by atomic mass is 9.68. The molecule has 2 aliphatic rings. The first-order valence-electron chi connectivity index (χ1n) is 10.1. The number of urea groups is 1. The first-order valence-corrected chi connectivity index (χ1v) is 10.1. The number of anilines is 1. The quantitative estimate of drug-likeness (QED) is 0.810. The lowest BCUT2D eigenvalue weighted by Gasteiger charge is -2.35. The number of hydrogen-bond acceptors (Lipinski definition) is 6. The summed E-state index contributed by atoms with van der Waals surface area (Å²) in [5.41, 5.74) is 0.916. The van der Waals surface area contributed by atoms with Crippen molar-refractivity contribution in [3.05, 3.63) is 41.9 Å². The number of nitrogens with one attached hydrogen (secondary N) is 1. The number of carbonyl (C=O) groups is 3. The molecule has 0 atom stereocenters. The number of ether oxygens (including phenoxy) is 1. The van der Waals surface area contributed by atoms with Crippen LogP contribution in [0.1, 0.15) is 44.0 Å². The number of Topliss-reactive ketones (excluding diaryl/α,β-unsaturated/α-hetero) is 1. The summed E-state index contributed by atoms with van der Waals surface area (Å²) >= 11 is 0. The van der Waals surface area contributed by atoms with Gasteiger partial charge in [-0.25, -0.2) is 9.78 Å². The van der Waals surface area contributed by atoms with E-state index in [9.17, 15) is 14.4 Å². The summed E-state index contributed by atoms with van der Waals surface area (Å²) in [7, 11) is 0. The van der Waals surface area contributed by atoms with Crippen molar-refractivity contribution in [1.29, 1.82) is 0 Å². The van der Waals surface area contributed by atoms with E-state index in [0.29, 0.717) is 35.2 Å². The zero-order chi connectivity index (χ0) is 21.3. The SMILES string of the molecule is CC(=O)Cc1cc(Oc2ccc(NC(=O)N3CCC4(CCC4)C3=O)nc2C)ccn1. The molecule has 156 valence electrons. The van der Waals surface area contributed by atoms with Gasteiger partial charge in [-0.1, -0.05) is 6.42 Å². The number of amides is 3. The Morgan fingerprint density at radius 1 is 1.23 bits per heavy atom. The Kier molecular flexibility index (Phi) is 5.24. The van der Waals surface area contributed by atoms with E-state index in [1.54, 1.807) is 37.4 Å². The van der Waals surface area contributed by atoms with Crippen molar-refractivity contribution in [3.63, 3.8) is 0 Å². The van der Waals surface area contributed by atoms with Crippen molar-refractivity contribution >= 4 is 23.5 Å². The summed E-state index contributed by atoms with van der Waals surface area (Å²) in [6, 6.07) is 6.33. The summed E-state index contributed by atoms with van der Waals surface area (Å²) < 4.78 is 5.87. The standard InChI is InChI=1S/C22H24N4O4/c1-14(27)12-16-13-17(6-10-23-16)30-18-4-5-19(24-15(18)2)25-21(29)26-11-9-22(20(26)28)7-3-8-22/h4-6,10,13H,3,7-9,11-12H2,1-2H3,(H,24,25,29). The number of ketones is 1. The van der Waals surface area contributed by atoms with Crippen molar-refractivity contribution in [3.8, 4) is 11.5 Å². The number of carbonyl (C=O) groups excluding carboxylic acids is 3. The van der Waals surface area contributed by atoms with Gasteiger partial charge in [0.15, 0.2) is 0 Å². The van der Waals surface area contributed by atoms with Crippen molar-refractivity contribution in [2.45, 2.75) is 46.0 Å². The van der Waals surface area contributed by atoms with E-state index in [4.69, 9.17) is 4.74 Å². The largest absolute Gasteiger partial charge is 0.455 e. The molecular weight excluding hydrogens is 384 g/mol. The molecule has 1 saturated heterocycles. The Morgan fingerprint density at radius 3 is 2.67 bits per heavy atom. The van der Waals surface area contributed by atoms with Gasteiger partial charge in [-0.2, -0.15) is 0 Å². The molecule has 3 amide bonds. The van der Waals surface area contributed by atoms with Crippen LogP contribution >= 0.6 is 0 Å². The summed E-state index contributed by atoms with van der Waals surface area (Å²) in [6.45, 7) is 3.74. The summed E-state index contributed by atoms with van der Waals surface area (Å²) in [4.78, 5) is 46.2. The maximum Gasteiger partial charge on any atom is 0.329 e. The van der Waals surface area contributed by atoms with E-state index in [2.05, 4.69) is 15.3 Å². The Hall–Kier alpha value is -3.29. The van der Waals surface area contributed by atoms with Crippen LogP contribution in [-0.4, -0.2) is 39.1 Å². The van der Waals surface area contributed by atoms with Crippen LogP contribution in [0.3, 0.4) is 0 Å². The van der Waals surface area contributed by atoms with E-state index in [1.807, 2.05) is 0 Å². The topological polar surface area (TPSA) is 101 Å². The van der Waals surface area contributed by atoms with Gasteiger partial charge in [-0.3, -0.25) is 24.8 Å². The van der Waals surface area contributed by atoms with Crippen LogP contribution in [-0.2, 0) is 16.0 Å². The first kappa shape index (κ1) is 20.0. The highest BCUT2D eigenvalue weighted by Gasteiger charge is 2.52. The summed E-state index contributed by atoms with van der Waals surface area (Å²) in [6.07, 6.45) is 5.39. The van der Waals surface area contributed by atoms with Crippen LogP contribution in [0.4, 0.5) is 10.6 Å². The highest BCUT2D eigenvalue weighted by atomic mass is 16.5. The number of pyridine rings is 2. The highest BCUT2D eigenvalue weighted by molar-refractivity contribution is 6.04. The van der Waals surface area contributed by atoms with E-state index in [1.165, 1.54) is 11.8 Å². The van der Waals surface area contributed by atoms with Crippen LogP contribution in [0.2, 0.25) is 0 Å². The molecule has 0 bridgehead atoms. The lowest BCUT2D eigenvalue weighted by Crippen LogP contribution is -2.43. The third kappa shape index (κ3) is 3.90. The van der Waals surface area contributed by atoms with Gasteiger partial charge in [0, 0.05) is 25.2 Å². The number of rotatable bonds is 5. The number of hydrogen-bond donors (Lipinski definition) is 1. The van der Waals surface area contributed by atoms with Gasteiger partial charge in [0.1, 0.15) is 23.1 Å². The predicted molar refractivity (Wildman–Crippen MR) is 109 cm³/mol. The van der Waals surface area contributed by atoms with Gasteiger partial charge >= 0.3 is 6.03 Å². The fourth-order valence-electron chi connectivity index (χ4n) is 3.98. The van der Waals surface area contributed by atoms with Crippen molar-refractivity contribution in [2.75, 3.05) is 11.9 Å². The van der Waals surface area contributed by atoms with E-state index >= 15 is 0 Å². The molecule has 1 aliphatic carbocycles. The fourth-order valence-corrected chi connectivity index (χ4v) is 3.98. The summed E-state index contributed by atoms with van der Waals surface area (Å²) in [5, 5.41) is 2.71. The number of imide groups is 1. The average Bonchev–Trinajstić information content (AvgIpc) is 3.01. The minimum absolute atomic E-state index is 0.0253. The smallest absolute Gasteiger partial charge is 0.329 e. The molecule has 1 spiro atoms. The molecule has 1 aliphatic heterocycles. The van der Waals surface area contributed by atoms with Crippen molar-refractivity contribution in [2.24, 2.45) is 5.41 Å². The molecule has 2 aromatic heterocycles. The second kappa shape index (κ2) is 7.85. The second-order valence-electron chi connectivity index (χ2n) is 8.01. The fraction of sp³-hybridized carbons (Fsp3) is 0.409. The van der Waals surface area contributed by atoms with Crippen molar-refractivity contribution < 1.29 is 19.1 Å². The van der Waals surface area contributed by atoms with Crippen LogP contribution < -0.4 is 10.1 Å². The van der Waals surface area contributed by atoms with Crippen LogP contribution in [0, 0.1) is 12.3 Å². The van der Waals surface area contributed by atoms with Gasteiger partial charge in [-0.05, 0) is 51.3 Å². The van der Waals surface area contributed by atoms with Crippen molar-refractivity contribution in [1.82, 2.24) is 14.9 Å². The molecule has 1 saturated carbocycles. The molecule has 0 unspecified atom stereocenters. The molecule has 0 aromatic carbocycles. The third-order valence-electron chi connectivity index (χ3n) is 5.79. The number of aryl methyl sites for hydroxylation is 1. The van der Waals surface area contributed by atoms with Gasteiger partial charge < -0.3 is 4.74 Å². The first-order chi connectivity index (χ1) is 14.4. The number of aromatic nitrogens is 2. The minimum Gasteiger partial charge on any atom is -0.455 e. The molecule has 2 aromatic rings. The third-order valence-corrected chi connectivity index (χ3v) is 5.79. The van der Waals surface area contributed by atoms with Crippen LogP contribution in [0.5, 0.6) is 11.5 Å². The number of likely N-dealkylation sites (tertiary alicyclic amines) is 1. The van der Waals surface area contributed by atoms with Gasteiger partial charge in [-0.15, -0.1) is 0 Å². The van der Waals surface area contributed by atoms with Gasteiger partial charge in [0.2, 0.25) is 5.91 Å². The van der Waals surface area contributed by atoms with Gasteiger partial charge in [0.25, 0.3) is 0 Å². The second-order valence-corrected chi connectivity index (χ2v) is 8.01. The maximum absolute atomic E-state index is 12.6. The van der Waals surface area contributed by atoms with Crippen LogP contribution in [0.25, 0.3) is 0 Å². The van der Waals surface area contributed by atoms with Gasteiger partial charge in [0.05, 0.1) is 16.8 Å². The monoisotopic (exact) mass is 408 g/mol. The maximum atomic E-state index is 12.6. The van der Waals surface area contributed by atoms with E-state index in [0.717, 1.165) is 25.7 Å². The van der Waals surface area contributed by atoms with Crippen LogP contribution in [0.15, 0.2) is 30.5 Å². The molecule has 3 heterocycles. The number of nitrogens with zero attached hydrogens (tertiary/aromatic N) is 3. The Bertz CT molecular complexity index is 1020. The molecule has 0 radical (unpaired) electrons. The molecular formula is C22H24N4O4. The molecule has 4 rings (SSSR count). The van der Waals surface area contributed by atoms with E-state index < -0.39 is 6.03 Å². The minimum atomic E-state index is -0.438. The highest BCUT2D eigenvalue weighted by Crippen LogP contribution is 2.49. The van der Waals surface area contributed by atoms with E-state index in [-0.39, 0.29) is 23.5 Å². The summed E-state index contributed by atoms with van der Waals surface area (Å²) in [5.74, 6) is 1.40. The zero-order valence-corrected chi connectivity index (χ0v) is 17.1. The zero-order valence-electron chi connectivity index (χ0n) is 17.1. The predicted octanol–water partition coefficient (Wildman–Crippen LogP) is 3.64. The Balaban J connectivity index is 1.42. The molecule has 8 nitrogen and oxygen atoms in total. The molecule has 30 heavy (non-hydrogen) atoms. The molecule has 8 heteroatoms. The molecule has 2 fully saturated rings. The molecule has 1 N–H and O–H groups in total. The normalized spacial score (nSPS) is 17.0. The average molecular weight is 408 g/mol. The Labute approximate surface area is 174 Å². The Morgan fingerprint density at radius 2 is 2.03 bits per heavy atom.